The summed E-state index contributed by atoms with van der Waals surface area (Å²) < 4.78 is 42.1. The molecule has 64 heavy (non-hydrogen) atoms. The first-order chi connectivity index (χ1) is 31.6. The Morgan fingerprint density at radius 3 is 1.44 bits per heavy atom. The van der Waals surface area contributed by atoms with Crippen molar-refractivity contribution in [1.29, 1.82) is 0 Å². The van der Waals surface area contributed by atoms with E-state index in [9.17, 15) is 0 Å². The Labute approximate surface area is 378 Å². The number of ether oxygens (including phenoxy) is 6. The number of aryl methyl sites for hydroxylation is 1. The van der Waals surface area contributed by atoms with Gasteiger partial charge in [-0.3, -0.25) is 0 Å². The zero-order chi connectivity index (χ0) is 43.8. The van der Waals surface area contributed by atoms with E-state index in [2.05, 4.69) is 104 Å². The van der Waals surface area contributed by atoms with Crippen LogP contribution in [0.4, 0.5) is 0 Å². The lowest BCUT2D eigenvalue weighted by molar-refractivity contribution is -0.275. The lowest BCUT2D eigenvalue weighted by Crippen LogP contribution is -2.58. The maximum Gasteiger partial charge on any atom is 0.126 e. The molecule has 7 heteroatoms. The highest BCUT2D eigenvalue weighted by Gasteiger charge is 2.50. The van der Waals surface area contributed by atoms with E-state index in [1.807, 2.05) is 91.0 Å². The van der Waals surface area contributed by atoms with Gasteiger partial charge in [-0.25, -0.2) is 0 Å². The Morgan fingerprint density at radius 1 is 0.469 bits per heavy atom. The highest BCUT2D eigenvalue weighted by molar-refractivity contribution is 5.46. The zero-order valence-electron chi connectivity index (χ0n) is 36.7. The minimum Gasteiger partial charge on any atom is -0.489 e. The summed E-state index contributed by atoms with van der Waals surface area (Å²) >= 11 is 0. The first kappa shape index (κ1) is 44.7. The summed E-state index contributed by atoms with van der Waals surface area (Å²) in [6.45, 7) is 4.89. The second kappa shape index (κ2) is 23.2. The summed E-state index contributed by atoms with van der Waals surface area (Å²) in [5.74, 6) is 0.733. The SMILES string of the molecule is Cc1cc(OCc2ccccc2)c([C@@H]2O[C@H](COCc3ccccc3)[C@@H](OCc3ccccc3)[C@H](OCc3ccccc3)[C@H]2OCc2ccccc2)cc1Cc1ccc(CCN)cc1. The van der Waals surface area contributed by atoms with Gasteiger partial charge in [-0.1, -0.05) is 176 Å². The van der Waals surface area contributed by atoms with Gasteiger partial charge in [-0.15, -0.1) is 0 Å². The van der Waals surface area contributed by atoms with Crippen LogP contribution in [0.15, 0.2) is 188 Å². The molecule has 1 fully saturated rings. The number of benzene rings is 7. The Hall–Kier alpha value is -5.90. The predicted molar refractivity (Wildman–Crippen MR) is 253 cm³/mol. The fourth-order valence-electron chi connectivity index (χ4n) is 8.27. The minimum absolute atomic E-state index is 0.259. The molecule has 1 heterocycles. The minimum atomic E-state index is -0.636. The van der Waals surface area contributed by atoms with Crippen LogP contribution in [0.3, 0.4) is 0 Å². The van der Waals surface area contributed by atoms with Gasteiger partial charge in [-0.2, -0.15) is 0 Å². The first-order valence-corrected chi connectivity index (χ1v) is 22.4. The van der Waals surface area contributed by atoms with Crippen LogP contribution in [0.5, 0.6) is 5.75 Å². The smallest absolute Gasteiger partial charge is 0.126 e. The molecule has 2 N–H and O–H groups in total. The second-order valence-corrected chi connectivity index (χ2v) is 16.5. The van der Waals surface area contributed by atoms with Gasteiger partial charge in [0.25, 0.3) is 0 Å². The van der Waals surface area contributed by atoms with Crippen LogP contribution in [0.2, 0.25) is 0 Å². The molecule has 0 radical (unpaired) electrons. The molecule has 0 bridgehead atoms. The number of hydrogen-bond donors (Lipinski definition) is 1. The lowest BCUT2D eigenvalue weighted by Gasteiger charge is -2.46. The molecular formula is C57H59NO6. The van der Waals surface area contributed by atoms with E-state index in [1.165, 1.54) is 16.7 Å². The number of nitrogens with two attached hydrogens (primary N) is 1. The van der Waals surface area contributed by atoms with E-state index in [0.29, 0.717) is 39.6 Å². The average molecular weight is 854 g/mol. The molecule has 0 aliphatic carbocycles. The molecule has 1 aliphatic rings. The van der Waals surface area contributed by atoms with Crippen molar-refractivity contribution in [2.24, 2.45) is 5.73 Å². The topological polar surface area (TPSA) is 81.4 Å². The fraction of sp³-hybridized carbons (Fsp3) is 0.263. The van der Waals surface area contributed by atoms with Crippen LogP contribution in [0.25, 0.3) is 0 Å². The number of rotatable bonds is 21. The molecule has 328 valence electrons. The largest absolute Gasteiger partial charge is 0.489 e. The molecule has 7 aromatic carbocycles. The quantitative estimate of drug-likeness (QED) is 0.0771. The van der Waals surface area contributed by atoms with Crippen molar-refractivity contribution in [3.8, 4) is 5.75 Å². The second-order valence-electron chi connectivity index (χ2n) is 16.5. The molecule has 1 aliphatic heterocycles. The summed E-state index contributed by atoms with van der Waals surface area (Å²) in [4.78, 5) is 0. The van der Waals surface area contributed by atoms with Crippen LogP contribution in [-0.2, 0) is 69.6 Å². The third-order valence-corrected chi connectivity index (χ3v) is 11.7. The molecule has 0 saturated carbocycles. The van der Waals surface area contributed by atoms with Gasteiger partial charge < -0.3 is 34.2 Å². The van der Waals surface area contributed by atoms with Crippen LogP contribution >= 0.6 is 0 Å². The van der Waals surface area contributed by atoms with Crippen molar-refractivity contribution in [3.05, 3.63) is 244 Å². The predicted octanol–water partition coefficient (Wildman–Crippen LogP) is 11.1. The van der Waals surface area contributed by atoms with Gasteiger partial charge in [0.05, 0.1) is 33.0 Å². The summed E-state index contributed by atoms with van der Waals surface area (Å²) in [5, 5.41) is 0. The van der Waals surface area contributed by atoms with Crippen LogP contribution in [0, 0.1) is 6.92 Å². The van der Waals surface area contributed by atoms with Crippen molar-refractivity contribution >= 4 is 0 Å². The molecule has 0 amide bonds. The first-order valence-electron chi connectivity index (χ1n) is 22.4. The van der Waals surface area contributed by atoms with Gasteiger partial charge in [0.15, 0.2) is 0 Å². The molecule has 0 unspecified atom stereocenters. The van der Waals surface area contributed by atoms with E-state index < -0.39 is 30.5 Å². The molecule has 0 aromatic heterocycles. The van der Waals surface area contributed by atoms with Gasteiger partial charge in [0.2, 0.25) is 0 Å². The van der Waals surface area contributed by atoms with Gasteiger partial charge in [-0.05, 0) is 88.5 Å². The van der Waals surface area contributed by atoms with Gasteiger partial charge in [0.1, 0.15) is 42.9 Å². The highest BCUT2D eigenvalue weighted by Crippen LogP contribution is 2.43. The van der Waals surface area contributed by atoms with Crippen LogP contribution in [-0.4, -0.2) is 37.6 Å². The van der Waals surface area contributed by atoms with E-state index in [1.54, 1.807) is 0 Å². The molecule has 7 aromatic rings. The zero-order valence-corrected chi connectivity index (χ0v) is 36.7. The molecule has 7 nitrogen and oxygen atoms in total. The average Bonchev–Trinajstić information content (AvgIpc) is 3.34. The molecule has 1 saturated heterocycles. The Morgan fingerprint density at radius 2 is 0.922 bits per heavy atom. The Bertz CT molecular complexity index is 2420. The summed E-state index contributed by atoms with van der Waals surface area (Å²) in [6.07, 6.45) is -1.38. The van der Waals surface area contributed by atoms with Gasteiger partial charge in [0, 0.05) is 5.56 Å². The third kappa shape index (κ3) is 12.4. The van der Waals surface area contributed by atoms with Crippen molar-refractivity contribution in [1.82, 2.24) is 0 Å². The van der Waals surface area contributed by atoms with Crippen LogP contribution in [0.1, 0.15) is 61.7 Å². The van der Waals surface area contributed by atoms with E-state index in [0.717, 1.165) is 57.5 Å². The van der Waals surface area contributed by atoms with E-state index >= 15 is 0 Å². The lowest BCUT2D eigenvalue weighted by atomic mass is 9.87. The van der Waals surface area contributed by atoms with Gasteiger partial charge >= 0.3 is 0 Å². The highest BCUT2D eigenvalue weighted by atomic mass is 16.6. The van der Waals surface area contributed by atoms with Crippen molar-refractivity contribution in [2.45, 2.75) is 83.3 Å². The van der Waals surface area contributed by atoms with Crippen LogP contribution < -0.4 is 10.5 Å². The summed E-state index contributed by atoms with van der Waals surface area (Å²) in [6, 6.07) is 64.4. The Balaban J connectivity index is 1.22. The van der Waals surface area contributed by atoms with Crippen molar-refractivity contribution < 1.29 is 28.4 Å². The molecule has 0 spiro atoms. The fourth-order valence-corrected chi connectivity index (χ4v) is 8.27. The molecule has 5 atom stereocenters. The summed E-state index contributed by atoms with van der Waals surface area (Å²) in [7, 11) is 0. The van der Waals surface area contributed by atoms with E-state index in [4.69, 9.17) is 34.2 Å². The van der Waals surface area contributed by atoms with Crippen molar-refractivity contribution in [2.75, 3.05) is 13.2 Å². The number of hydrogen-bond acceptors (Lipinski definition) is 7. The molecule has 8 rings (SSSR count). The third-order valence-electron chi connectivity index (χ3n) is 11.7. The normalized spacial score (nSPS) is 18.4. The van der Waals surface area contributed by atoms with Crippen molar-refractivity contribution in [3.63, 3.8) is 0 Å². The maximum absolute atomic E-state index is 7.43. The monoisotopic (exact) mass is 853 g/mol. The Kier molecular flexibility index (Phi) is 16.2. The maximum atomic E-state index is 7.43. The molecular weight excluding hydrogens is 795 g/mol. The standard InChI is InChI=1S/C57H59NO6/c1-42-33-52(60-37-46-19-9-3-10-20-46)51(35-50(42)34-44-29-27-43(28-30-44)31-32-58)54-56(62-39-48-23-13-5-14-24-48)57(63-40-49-25-15-6-16-26-49)55(61-38-47-21-11-4-12-22-47)53(64-54)41-59-36-45-17-7-2-8-18-45/h2-30,33,35,53-57H,31-32,34,36-41,58H2,1H3/t53-,54+,55-,56+,57+/m1/s1. The van der Waals surface area contributed by atoms with E-state index in [-0.39, 0.29) is 6.61 Å². The summed E-state index contributed by atoms with van der Waals surface area (Å²) in [5.41, 5.74) is 16.8.